The van der Waals surface area contributed by atoms with Crippen molar-refractivity contribution in [3.05, 3.63) is 82.8 Å². The van der Waals surface area contributed by atoms with Gasteiger partial charge in [-0.1, -0.05) is 17.7 Å². The Kier molecular flexibility index (Phi) is 8.40. The van der Waals surface area contributed by atoms with Crippen LogP contribution in [0.5, 0.6) is 17.4 Å². The van der Waals surface area contributed by atoms with Crippen LogP contribution in [0.4, 0.5) is 4.39 Å². The number of aliphatic hydroxyl groups is 1. The zero-order chi connectivity index (χ0) is 27.4. The number of ketones is 1. The van der Waals surface area contributed by atoms with Crippen LogP contribution in [-0.2, 0) is 4.79 Å². The lowest BCUT2D eigenvalue weighted by molar-refractivity contribution is -0.118. The Morgan fingerprint density at radius 2 is 1.85 bits per heavy atom. The van der Waals surface area contributed by atoms with E-state index >= 15 is 0 Å². The first-order chi connectivity index (χ1) is 18.9. The van der Waals surface area contributed by atoms with Crippen LogP contribution in [0, 0.1) is 5.82 Å². The van der Waals surface area contributed by atoms with Gasteiger partial charge in [-0.3, -0.25) is 9.59 Å². The van der Waals surface area contributed by atoms with Gasteiger partial charge >= 0.3 is 0 Å². The molecule has 0 unspecified atom stereocenters. The molecule has 1 aliphatic heterocycles. The van der Waals surface area contributed by atoms with Crippen LogP contribution < -0.4 is 14.8 Å². The van der Waals surface area contributed by atoms with Gasteiger partial charge in [0, 0.05) is 24.4 Å². The quantitative estimate of drug-likeness (QED) is 0.262. The van der Waals surface area contributed by atoms with Gasteiger partial charge in [-0.25, -0.2) is 9.37 Å². The van der Waals surface area contributed by atoms with Crippen LogP contribution in [0.25, 0.3) is 0 Å². The molecule has 0 radical (unpaired) electrons. The number of nitrogens with one attached hydrogen (secondary N) is 1. The number of ether oxygens (including phenoxy) is 2. The number of carbonyl (C=O) groups excluding carboxylic acids is 2. The first-order valence-electron chi connectivity index (χ1n) is 13.0. The maximum absolute atomic E-state index is 13.2. The van der Waals surface area contributed by atoms with E-state index in [1.807, 2.05) is 0 Å². The minimum absolute atomic E-state index is 0.0682. The largest absolute Gasteiger partial charge is 0.489 e. The average Bonchev–Trinajstić information content (AvgIpc) is 3.61. The van der Waals surface area contributed by atoms with Crippen molar-refractivity contribution in [3.63, 3.8) is 0 Å². The normalized spacial score (nSPS) is 16.9. The number of hydrogen-bond acceptors (Lipinski definition) is 7. The molecule has 10 heteroatoms. The van der Waals surface area contributed by atoms with Crippen molar-refractivity contribution in [2.45, 2.75) is 43.9 Å². The van der Waals surface area contributed by atoms with Crippen molar-refractivity contribution in [2.75, 3.05) is 19.6 Å². The van der Waals surface area contributed by atoms with Gasteiger partial charge in [-0.05, 0) is 86.8 Å². The molecule has 39 heavy (non-hydrogen) atoms. The van der Waals surface area contributed by atoms with Crippen molar-refractivity contribution >= 4 is 23.3 Å². The van der Waals surface area contributed by atoms with E-state index in [0.717, 1.165) is 38.8 Å². The number of hydrogen-bond donors (Lipinski definition) is 2. The van der Waals surface area contributed by atoms with Crippen LogP contribution in [-0.4, -0.2) is 58.5 Å². The van der Waals surface area contributed by atoms with Crippen LogP contribution in [0.1, 0.15) is 47.7 Å². The summed E-state index contributed by atoms with van der Waals surface area (Å²) < 4.78 is 24.5. The summed E-state index contributed by atoms with van der Waals surface area (Å²) in [7, 11) is 0. The van der Waals surface area contributed by atoms with Crippen molar-refractivity contribution < 1.29 is 28.6 Å². The fourth-order valence-electron chi connectivity index (χ4n) is 4.46. The van der Waals surface area contributed by atoms with Gasteiger partial charge in [0.1, 0.15) is 23.4 Å². The first-order valence-corrected chi connectivity index (χ1v) is 13.3. The van der Waals surface area contributed by atoms with E-state index in [4.69, 9.17) is 21.1 Å². The maximum Gasteiger partial charge on any atom is 0.292 e. The number of rotatable bonds is 11. The molecule has 2 N–H and O–H groups in total. The average molecular weight is 554 g/mol. The molecule has 204 valence electrons. The second-order valence-corrected chi connectivity index (χ2v) is 10.2. The van der Waals surface area contributed by atoms with Crippen molar-refractivity contribution in [1.29, 1.82) is 0 Å². The van der Waals surface area contributed by atoms with E-state index in [1.165, 1.54) is 42.6 Å². The molecule has 0 bridgehead atoms. The minimum Gasteiger partial charge on any atom is -0.489 e. The zero-order valence-electron chi connectivity index (χ0n) is 21.2. The number of Topliss-reactive ketones (excluding diaryl/α,β-unsaturated/α-hetero) is 1. The molecular formula is C29H29ClFN3O5. The highest BCUT2D eigenvalue weighted by molar-refractivity contribution is 6.42. The lowest BCUT2D eigenvalue weighted by Gasteiger charge is -2.28. The third-order valence-electron chi connectivity index (χ3n) is 6.71. The number of nitrogens with zero attached hydrogens (tertiary/aromatic N) is 2. The molecule has 1 amide bonds. The van der Waals surface area contributed by atoms with Crippen molar-refractivity contribution in [3.8, 4) is 17.4 Å². The lowest BCUT2D eigenvalue weighted by Crippen LogP contribution is -2.48. The molecule has 5 rings (SSSR count). The second kappa shape index (κ2) is 12.1. The number of benzene rings is 2. The van der Waals surface area contributed by atoms with Crippen LogP contribution in [0.3, 0.4) is 0 Å². The first kappa shape index (κ1) is 27.1. The van der Waals surface area contributed by atoms with Gasteiger partial charge in [0.25, 0.3) is 5.91 Å². The second-order valence-electron chi connectivity index (χ2n) is 9.81. The summed E-state index contributed by atoms with van der Waals surface area (Å²) >= 11 is 6.41. The Hall–Kier alpha value is -3.53. The highest BCUT2D eigenvalue weighted by Crippen LogP contribution is 2.34. The van der Waals surface area contributed by atoms with E-state index in [1.54, 1.807) is 18.2 Å². The fourth-order valence-corrected chi connectivity index (χ4v) is 4.69. The third-order valence-corrected chi connectivity index (χ3v) is 7.00. The molecule has 8 nitrogen and oxygen atoms in total. The van der Waals surface area contributed by atoms with Gasteiger partial charge in [-0.2, -0.15) is 0 Å². The summed E-state index contributed by atoms with van der Waals surface area (Å²) in [5.74, 6) is -1.10. The number of likely N-dealkylation sites (tertiary alicyclic amines) is 1. The summed E-state index contributed by atoms with van der Waals surface area (Å²) in [5.41, 5.74) is 0.581. The Labute approximate surface area is 230 Å². The summed E-state index contributed by atoms with van der Waals surface area (Å²) in [6, 6.07) is 12.4. The van der Waals surface area contributed by atoms with Crippen LogP contribution in [0.2, 0.25) is 5.02 Å². The molecule has 1 saturated heterocycles. The van der Waals surface area contributed by atoms with Gasteiger partial charge in [0.15, 0.2) is 0 Å². The van der Waals surface area contributed by atoms with Gasteiger partial charge in [-0.15, -0.1) is 0 Å². The fraction of sp³-hybridized carbons (Fsp3) is 0.345. The summed E-state index contributed by atoms with van der Waals surface area (Å²) in [6.07, 6.45) is 4.48. The molecule has 2 aromatic carbocycles. The van der Waals surface area contributed by atoms with E-state index in [9.17, 15) is 19.1 Å². The number of aliphatic hydroxyl groups excluding tert-OH is 1. The van der Waals surface area contributed by atoms with Gasteiger partial charge in [0.05, 0.1) is 17.2 Å². The molecule has 1 aliphatic carbocycles. The Morgan fingerprint density at radius 3 is 2.54 bits per heavy atom. The molecule has 2 aliphatic rings. The predicted molar refractivity (Wildman–Crippen MR) is 143 cm³/mol. The molecule has 0 spiro atoms. The monoisotopic (exact) mass is 553 g/mol. The highest BCUT2D eigenvalue weighted by Gasteiger charge is 2.30. The molecule has 2 fully saturated rings. The Bertz CT molecular complexity index is 1330. The number of carbonyl (C=O) groups is 2. The Balaban J connectivity index is 1.29. The molecule has 2 atom stereocenters. The van der Waals surface area contributed by atoms with Gasteiger partial charge < -0.3 is 24.8 Å². The van der Waals surface area contributed by atoms with Crippen LogP contribution in [0.15, 0.2) is 60.8 Å². The zero-order valence-corrected chi connectivity index (χ0v) is 21.9. The van der Waals surface area contributed by atoms with Crippen molar-refractivity contribution in [1.82, 2.24) is 15.2 Å². The number of amides is 1. The topological polar surface area (TPSA) is 101 Å². The predicted octanol–water partition coefficient (Wildman–Crippen LogP) is 4.70. The standard InChI is InChI=1S/C29H29ClFN3O5/c30-23-15-18(3-10-25(23)38-21-8-9-21)27(35)24(17-34-13-1-2-14-34)33-29(37)28(36)19-11-12-32-26(16-19)39-22-6-4-20(31)5-7-22/h3-7,10-12,15-16,21,24,27,35H,1-2,8-9,13-14,17H2,(H,33,37)/t24-,27-/m1/s1. The molecule has 3 aromatic rings. The highest BCUT2D eigenvalue weighted by atomic mass is 35.5. The van der Waals surface area contributed by atoms with Crippen LogP contribution >= 0.6 is 11.6 Å². The smallest absolute Gasteiger partial charge is 0.292 e. The minimum atomic E-state index is -1.11. The van der Waals surface area contributed by atoms with E-state index in [2.05, 4.69) is 15.2 Å². The molecule has 2 heterocycles. The maximum atomic E-state index is 13.2. The summed E-state index contributed by atoms with van der Waals surface area (Å²) in [4.78, 5) is 32.3. The van der Waals surface area contributed by atoms with E-state index in [0.29, 0.717) is 28.6 Å². The van der Waals surface area contributed by atoms with E-state index in [-0.39, 0.29) is 17.5 Å². The number of halogens is 2. The molecular weight excluding hydrogens is 525 g/mol. The third kappa shape index (κ3) is 7.11. The van der Waals surface area contributed by atoms with Crippen molar-refractivity contribution in [2.24, 2.45) is 0 Å². The lowest BCUT2D eigenvalue weighted by atomic mass is 10.0. The molecule has 1 aromatic heterocycles. The SMILES string of the molecule is O=C(N[C@H](CN1CCCC1)[C@H](O)c1ccc(OC2CC2)c(Cl)c1)C(=O)c1ccnc(Oc2ccc(F)cc2)c1. The number of aromatic nitrogens is 1. The summed E-state index contributed by atoms with van der Waals surface area (Å²) in [5, 5.41) is 14.4. The van der Waals surface area contributed by atoms with Gasteiger partial charge in [0.2, 0.25) is 11.7 Å². The Morgan fingerprint density at radius 1 is 1.10 bits per heavy atom. The number of pyridine rings is 1. The van der Waals surface area contributed by atoms with E-state index < -0.39 is 29.7 Å². The molecule has 1 saturated carbocycles. The summed E-state index contributed by atoms with van der Waals surface area (Å²) in [6.45, 7) is 2.06.